The van der Waals surface area contributed by atoms with Crippen LogP contribution in [0, 0.1) is 0 Å². The van der Waals surface area contributed by atoms with Gasteiger partial charge < -0.3 is 10.8 Å². The summed E-state index contributed by atoms with van der Waals surface area (Å²) in [6.07, 6.45) is 0.188. The molecule has 1 amide bonds. The van der Waals surface area contributed by atoms with Crippen LogP contribution < -0.4 is 17.0 Å². The maximum absolute atomic E-state index is 11.5. The molecular formula is C10H15N3O4. The highest BCUT2D eigenvalue weighted by Gasteiger charge is 2.18. The number of aromatic amines is 1. The second-order valence-corrected chi connectivity index (χ2v) is 3.80. The summed E-state index contributed by atoms with van der Waals surface area (Å²) in [5, 5.41) is 9.82. The zero-order valence-corrected chi connectivity index (χ0v) is 9.69. The molecule has 0 aromatic carbocycles. The topological polar surface area (TPSA) is 118 Å². The smallest absolute Gasteiger partial charge is 0.331 e. The van der Waals surface area contributed by atoms with Crippen LogP contribution in [0.4, 0.5) is 0 Å². The van der Waals surface area contributed by atoms with Crippen molar-refractivity contribution in [3.8, 4) is 5.88 Å². The summed E-state index contributed by atoms with van der Waals surface area (Å²) in [6.45, 7) is 3.24. The molecule has 1 rings (SSSR count). The van der Waals surface area contributed by atoms with E-state index in [9.17, 15) is 19.5 Å². The average molecular weight is 241 g/mol. The molecule has 17 heavy (non-hydrogen) atoms. The van der Waals surface area contributed by atoms with Gasteiger partial charge in [0.15, 0.2) is 0 Å². The standard InChI is InChI=1S/C10H15N3O4/c1-3-6-8(15)12-10(17)13(9(6)16)5(2)4-7(11)14/h5,16H,3-4H2,1-2H3,(H2,11,14)(H,12,15,17). The number of carbonyl (C=O) groups is 1. The van der Waals surface area contributed by atoms with Gasteiger partial charge in [-0.2, -0.15) is 0 Å². The second-order valence-electron chi connectivity index (χ2n) is 3.80. The van der Waals surface area contributed by atoms with E-state index in [0.717, 1.165) is 4.57 Å². The fourth-order valence-corrected chi connectivity index (χ4v) is 1.69. The van der Waals surface area contributed by atoms with E-state index in [1.807, 2.05) is 0 Å². The molecule has 4 N–H and O–H groups in total. The molecule has 0 fully saturated rings. The summed E-state index contributed by atoms with van der Waals surface area (Å²) in [5.41, 5.74) is 3.77. The van der Waals surface area contributed by atoms with Crippen LogP contribution in [0.1, 0.15) is 31.9 Å². The number of hydrogen-bond acceptors (Lipinski definition) is 4. The molecule has 0 aliphatic rings. The third-order valence-corrected chi connectivity index (χ3v) is 2.50. The molecule has 1 heterocycles. The van der Waals surface area contributed by atoms with Gasteiger partial charge in [0.05, 0.1) is 5.56 Å². The lowest BCUT2D eigenvalue weighted by atomic mass is 10.2. The molecule has 0 saturated heterocycles. The molecule has 0 bridgehead atoms. The Morgan fingerprint density at radius 3 is 2.59 bits per heavy atom. The lowest BCUT2D eigenvalue weighted by Crippen LogP contribution is -2.34. The number of primary amides is 1. The number of rotatable bonds is 4. The average Bonchev–Trinajstić information content (AvgIpc) is 2.15. The van der Waals surface area contributed by atoms with Gasteiger partial charge in [0, 0.05) is 12.5 Å². The van der Waals surface area contributed by atoms with Crippen LogP contribution >= 0.6 is 0 Å². The van der Waals surface area contributed by atoms with Gasteiger partial charge in [-0.3, -0.25) is 19.1 Å². The van der Waals surface area contributed by atoms with E-state index in [4.69, 9.17) is 5.73 Å². The molecule has 0 spiro atoms. The van der Waals surface area contributed by atoms with Gasteiger partial charge >= 0.3 is 5.69 Å². The van der Waals surface area contributed by atoms with E-state index in [-0.39, 0.29) is 18.4 Å². The van der Waals surface area contributed by atoms with Crippen LogP contribution in [-0.4, -0.2) is 20.6 Å². The Morgan fingerprint density at radius 1 is 1.53 bits per heavy atom. The van der Waals surface area contributed by atoms with E-state index < -0.39 is 29.1 Å². The number of H-pyrrole nitrogens is 1. The Kier molecular flexibility index (Phi) is 3.72. The number of nitrogens with zero attached hydrogens (tertiary/aromatic N) is 1. The summed E-state index contributed by atoms with van der Waals surface area (Å²) in [4.78, 5) is 35.8. The molecule has 0 radical (unpaired) electrons. The van der Waals surface area contributed by atoms with Gasteiger partial charge in [-0.25, -0.2) is 4.79 Å². The molecule has 0 aliphatic heterocycles. The molecule has 0 saturated carbocycles. The molecule has 1 aromatic rings. The van der Waals surface area contributed by atoms with Crippen LogP contribution in [0.15, 0.2) is 9.59 Å². The number of nitrogens with one attached hydrogen (secondary N) is 1. The lowest BCUT2D eigenvalue weighted by Gasteiger charge is -2.16. The number of hydrogen-bond donors (Lipinski definition) is 3. The van der Waals surface area contributed by atoms with E-state index >= 15 is 0 Å². The first-order chi connectivity index (χ1) is 7.88. The zero-order chi connectivity index (χ0) is 13.2. The normalized spacial score (nSPS) is 12.4. The van der Waals surface area contributed by atoms with Crippen molar-refractivity contribution in [1.29, 1.82) is 0 Å². The number of aromatic nitrogens is 2. The first kappa shape index (κ1) is 13.0. The fraction of sp³-hybridized carbons (Fsp3) is 0.500. The Bertz CT molecular complexity index is 543. The van der Waals surface area contributed by atoms with Crippen molar-refractivity contribution in [2.24, 2.45) is 5.73 Å². The van der Waals surface area contributed by atoms with E-state index in [0.29, 0.717) is 0 Å². The number of aromatic hydroxyl groups is 1. The minimum absolute atomic E-state index is 0.0946. The fourth-order valence-electron chi connectivity index (χ4n) is 1.69. The quantitative estimate of drug-likeness (QED) is 0.642. The zero-order valence-electron chi connectivity index (χ0n) is 9.69. The van der Waals surface area contributed by atoms with Crippen LogP contribution in [0.5, 0.6) is 5.88 Å². The van der Waals surface area contributed by atoms with Gasteiger partial charge in [0.25, 0.3) is 5.56 Å². The first-order valence-electron chi connectivity index (χ1n) is 5.23. The Balaban J connectivity index is 3.38. The highest BCUT2D eigenvalue weighted by molar-refractivity contribution is 5.74. The number of nitrogens with two attached hydrogens (primary N) is 1. The Morgan fingerprint density at radius 2 is 2.12 bits per heavy atom. The predicted octanol–water partition coefficient (Wildman–Crippen LogP) is -0.759. The summed E-state index contributed by atoms with van der Waals surface area (Å²) in [7, 11) is 0. The lowest BCUT2D eigenvalue weighted by molar-refractivity contribution is -0.118. The third-order valence-electron chi connectivity index (χ3n) is 2.50. The van der Waals surface area contributed by atoms with Crippen molar-refractivity contribution in [3.05, 3.63) is 26.4 Å². The van der Waals surface area contributed by atoms with E-state index in [1.165, 1.54) is 0 Å². The minimum atomic E-state index is -0.751. The van der Waals surface area contributed by atoms with Gasteiger partial charge in [-0.15, -0.1) is 0 Å². The summed E-state index contributed by atoms with van der Waals surface area (Å²) < 4.78 is 0.963. The SMILES string of the molecule is CCc1c(O)n(C(C)CC(N)=O)c(=O)[nH]c1=O. The van der Waals surface area contributed by atoms with Gasteiger partial charge in [-0.1, -0.05) is 6.92 Å². The number of carbonyl (C=O) groups excluding carboxylic acids is 1. The second kappa shape index (κ2) is 4.86. The summed E-state index contributed by atoms with van der Waals surface area (Å²) in [5.74, 6) is -0.997. The molecule has 94 valence electrons. The Hall–Kier alpha value is -2.05. The Labute approximate surface area is 96.9 Å². The molecule has 7 nitrogen and oxygen atoms in total. The molecule has 1 atom stereocenters. The van der Waals surface area contributed by atoms with Crippen molar-refractivity contribution in [3.63, 3.8) is 0 Å². The van der Waals surface area contributed by atoms with Crippen LogP contribution in [0.2, 0.25) is 0 Å². The van der Waals surface area contributed by atoms with E-state index in [1.54, 1.807) is 13.8 Å². The predicted molar refractivity (Wildman–Crippen MR) is 60.9 cm³/mol. The monoisotopic (exact) mass is 241 g/mol. The first-order valence-corrected chi connectivity index (χ1v) is 5.23. The summed E-state index contributed by atoms with van der Waals surface area (Å²) in [6, 6.07) is -0.609. The maximum Gasteiger partial charge on any atom is 0.331 e. The largest absolute Gasteiger partial charge is 0.494 e. The molecule has 0 aliphatic carbocycles. The van der Waals surface area contributed by atoms with Crippen molar-refractivity contribution in [2.45, 2.75) is 32.7 Å². The number of amides is 1. The molecule has 1 unspecified atom stereocenters. The molecular weight excluding hydrogens is 226 g/mol. The highest BCUT2D eigenvalue weighted by Crippen LogP contribution is 2.17. The maximum atomic E-state index is 11.5. The van der Waals surface area contributed by atoms with Crippen LogP contribution in [0.3, 0.4) is 0 Å². The van der Waals surface area contributed by atoms with Gasteiger partial charge in [0.2, 0.25) is 11.8 Å². The molecule has 1 aromatic heterocycles. The van der Waals surface area contributed by atoms with Crippen molar-refractivity contribution in [2.75, 3.05) is 0 Å². The minimum Gasteiger partial charge on any atom is -0.494 e. The third kappa shape index (κ3) is 2.55. The molecule has 7 heteroatoms. The van der Waals surface area contributed by atoms with Crippen LogP contribution in [-0.2, 0) is 11.2 Å². The van der Waals surface area contributed by atoms with Crippen molar-refractivity contribution in [1.82, 2.24) is 9.55 Å². The van der Waals surface area contributed by atoms with E-state index in [2.05, 4.69) is 4.98 Å². The van der Waals surface area contributed by atoms with Crippen LogP contribution in [0.25, 0.3) is 0 Å². The van der Waals surface area contributed by atoms with Crippen molar-refractivity contribution < 1.29 is 9.90 Å². The van der Waals surface area contributed by atoms with Crippen molar-refractivity contribution >= 4 is 5.91 Å². The highest BCUT2D eigenvalue weighted by atomic mass is 16.3. The van der Waals surface area contributed by atoms with Gasteiger partial charge in [-0.05, 0) is 13.3 Å². The summed E-state index contributed by atoms with van der Waals surface area (Å²) >= 11 is 0. The van der Waals surface area contributed by atoms with Gasteiger partial charge in [0.1, 0.15) is 0 Å².